The van der Waals surface area contributed by atoms with Crippen molar-refractivity contribution in [3.05, 3.63) is 24.3 Å². The van der Waals surface area contributed by atoms with Crippen molar-refractivity contribution in [2.75, 3.05) is 23.7 Å². The smallest absolute Gasteiger partial charge is 0.224 e. The molecule has 1 aromatic rings. The van der Waals surface area contributed by atoms with Crippen molar-refractivity contribution in [1.29, 1.82) is 0 Å². The van der Waals surface area contributed by atoms with Crippen LogP contribution in [-0.2, 0) is 9.59 Å². The van der Waals surface area contributed by atoms with Crippen LogP contribution in [0, 0.1) is 5.92 Å². The molecule has 1 unspecified atom stereocenters. The highest BCUT2D eigenvalue weighted by Crippen LogP contribution is 2.16. The molecule has 1 fully saturated rings. The predicted molar refractivity (Wildman–Crippen MR) is 86.8 cm³/mol. The Morgan fingerprint density at radius 3 is 2.33 bits per heavy atom. The van der Waals surface area contributed by atoms with Gasteiger partial charge in [0.25, 0.3) is 0 Å². The first-order valence-electron chi connectivity index (χ1n) is 7.02. The number of halogens is 1. The molecule has 5 nitrogen and oxygen atoms in total. The Kier molecular flexibility index (Phi) is 7.19. The van der Waals surface area contributed by atoms with E-state index in [0.717, 1.165) is 30.9 Å². The van der Waals surface area contributed by atoms with Crippen molar-refractivity contribution in [2.24, 2.45) is 5.92 Å². The molecular weight excluding hydrogens is 290 g/mol. The summed E-state index contributed by atoms with van der Waals surface area (Å²) in [5.74, 6) is 0.569. The van der Waals surface area contributed by atoms with Gasteiger partial charge in [0, 0.05) is 24.7 Å². The SMILES string of the molecule is CC(=O)Nc1ccc(NC(=O)CCC2CCNC2)cc1.Cl. The quantitative estimate of drug-likeness (QED) is 0.782. The number of benzene rings is 1. The summed E-state index contributed by atoms with van der Waals surface area (Å²) in [6.07, 6.45) is 2.65. The lowest BCUT2D eigenvalue weighted by Crippen LogP contribution is -2.15. The molecule has 6 heteroatoms. The van der Waals surface area contributed by atoms with E-state index in [4.69, 9.17) is 0 Å². The molecule has 0 aliphatic carbocycles. The second-order valence-corrected chi connectivity index (χ2v) is 5.20. The van der Waals surface area contributed by atoms with Crippen molar-refractivity contribution >= 4 is 35.6 Å². The Morgan fingerprint density at radius 1 is 1.19 bits per heavy atom. The number of hydrogen-bond donors (Lipinski definition) is 3. The van der Waals surface area contributed by atoms with E-state index in [2.05, 4.69) is 16.0 Å². The van der Waals surface area contributed by atoms with Crippen LogP contribution in [0.5, 0.6) is 0 Å². The van der Waals surface area contributed by atoms with Gasteiger partial charge < -0.3 is 16.0 Å². The molecule has 1 atom stereocenters. The molecule has 1 aromatic carbocycles. The first-order valence-corrected chi connectivity index (χ1v) is 7.02. The van der Waals surface area contributed by atoms with Gasteiger partial charge >= 0.3 is 0 Å². The molecule has 1 saturated heterocycles. The predicted octanol–water partition coefficient (Wildman–Crippen LogP) is 2.40. The summed E-state index contributed by atoms with van der Waals surface area (Å²) in [5.41, 5.74) is 1.49. The fourth-order valence-corrected chi connectivity index (χ4v) is 2.36. The van der Waals surface area contributed by atoms with Gasteiger partial charge in [-0.15, -0.1) is 12.4 Å². The van der Waals surface area contributed by atoms with Gasteiger partial charge in [-0.05, 0) is 56.1 Å². The maximum Gasteiger partial charge on any atom is 0.224 e. The minimum atomic E-state index is -0.105. The second-order valence-electron chi connectivity index (χ2n) is 5.20. The third-order valence-electron chi connectivity index (χ3n) is 3.43. The van der Waals surface area contributed by atoms with Crippen LogP contribution in [0.4, 0.5) is 11.4 Å². The third kappa shape index (κ3) is 6.14. The molecule has 1 aliphatic rings. The van der Waals surface area contributed by atoms with Gasteiger partial charge in [-0.25, -0.2) is 0 Å². The minimum Gasteiger partial charge on any atom is -0.326 e. The van der Waals surface area contributed by atoms with Gasteiger partial charge in [-0.3, -0.25) is 9.59 Å². The van der Waals surface area contributed by atoms with E-state index in [1.807, 2.05) is 0 Å². The molecule has 116 valence electrons. The van der Waals surface area contributed by atoms with Crippen molar-refractivity contribution in [1.82, 2.24) is 5.32 Å². The monoisotopic (exact) mass is 311 g/mol. The summed E-state index contributed by atoms with van der Waals surface area (Å²) in [6, 6.07) is 7.14. The van der Waals surface area contributed by atoms with E-state index >= 15 is 0 Å². The van der Waals surface area contributed by atoms with Gasteiger partial charge in [0.2, 0.25) is 11.8 Å². The Labute approximate surface area is 131 Å². The largest absolute Gasteiger partial charge is 0.326 e. The first-order chi connectivity index (χ1) is 9.63. The van der Waals surface area contributed by atoms with E-state index in [-0.39, 0.29) is 24.2 Å². The zero-order valence-electron chi connectivity index (χ0n) is 12.1. The lowest BCUT2D eigenvalue weighted by atomic mass is 10.0. The van der Waals surface area contributed by atoms with Crippen LogP contribution >= 0.6 is 12.4 Å². The molecule has 2 amide bonds. The fourth-order valence-electron chi connectivity index (χ4n) is 2.36. The molecule has 2 rings (SSSR count). The standard InChI is InChI=1S/C15H21N3O2.ClH/c1-11(19)17-13-3-5-14(6-4-13)18-15(20)7-2-12-8-9-16-10-12;/h3-6,12,16H,2,7-10H2,1H3,(H,17,19)(H,18,20);1H. The van der Waals surface area contributed by atoms with Crippen LogP contribution < -0.4 is 16.0 Å². The number of carbonyl (C=O) groups excluding carboxylic acids is 2. The molecule has 0 spiro atoms. The second kappa shape index (κ2) is 8.64. The van der Waals surface area contributed by atoms with Gasteiger partial charge in [-0.1, -0.05) is 0 Å². The molecule has 0 radical (unpaired) electrons. The van der Waals surface area contributed by atoms with E-state index in [1.54, 1.807) is 24.3 Å². The maximum absolute atomic E-state index is 11.8. The van der Waals surface area contributed by atoms with Crippen LogP contribution in [0.2, 0.25) is 0 Å². The Morgan fingerprint density at radius 2 is 1.81 bits per heavy atom. The van der Waals surface area contributed by atoms with E-state index in [1.165, 1.54) is 13.3 Å². The summed E-state index contributed by atoms with van der Waals surface area (Å²) in [4.78, 5) is 22.7. The maximum atomic E-state index is 11.8. The minimum absolute atomic E-state index is 0. The van der Waals surface area contributed by atoms with Crippen molar-refractivity contribution < 1.29 is 9.59 Å². The number of carbonyl (C=O) groups is 2. The number of amides is 2. The molecule has 3 N–H and O–H groups in total. The highest BCUT2D eigenvalue weighted by Gasteiger charge is 2.15. The zero-order chi connectivity index (χ0) is 14.4. The Balaban J connectivity index is 0.00000220. The van der Waals surface area contributed by atoms with Crippen molar-refractivity contribution in [3.63, 3.8) is 0 Å². The van der Waals surface area contributed by atoms with Crippen molar-refractivity contribution in [3.8, 4) is 0 Å². The topological polar surface area (TPSA) is 70.2 Å². The average molecular weight is 312 g/mol. The van der Waals surface area contributed by atoms with E-state index < -0.39 is 0 Å². The summed E-state index contributed by atoms with van der Waals surface area (Å²) < 4.78 is 0. The summed E-state index contributed by atoms with van der Waals surface area (Å²) in [6.45, 7) is 3.56. The lowest BCUT2D eigenvalue weighted by Gasteiger charge is -2.09. The normalized spacial score (nSPS) is 16.9. The van der Waals surface area contributed by atoms with Crippen LogP contribution in [0.15, 0.2) is 24.3 Å². The molecule has 1 aliphatic heterocycles. The Bertz CT molecular complexity index is 470. The fraction of sp³-hybridized carbons (Fsp3) is 0.467. The van der Waals surface area contributed by atoms with Crippen molar-refractivity contribution in [2.45, 2.75) is 26.2 Å². The van der Waals surface area contributed by atoms with Gasteiger partial charge in [0.1, 0.15) is 0 Å². The van der Waals surface area contributed by atoms with Gasteiger partial charge in [0.15, 0.2) is 0 Å². The number of nitrogens with one attached hydrogen (secondary N) is 3. The third-order valence-corrected chi connectivity index (χ3v) is 3.43. The first kappa shape index (κ1) is 17.5. The molecule has 0 aromatic heterocycles. The average Bonchev–Trinajstić information content (AvgIpc) is 2.91. The zero-order valence-corrected chi connectivity index (χ0v) is 13.0. The van der Waals surface area contributed by atoms with Gasteiger partial charge in [-0.2, -0.15) is 0 Å². The molecule has 0 saturated carbocycles. The van der Waals surface area contributed by atoms with E-state index in [9.17, 15) is 9.59 Å². The van der Waals surface area contributed by atoms with Crippen LogP contribution in [-0.4, -0.2) is 24.9 Å². The molecule has 0 bridgehead atoms. The highest BCUT2D eigenvalue weighted by molar-refractivity contribution is 5.92. The lowest BCUT2D eigenvalue weighted by molar-refractivity contribution is -0.116. The number of anilines is 2. The van der Waals surface area contributed by atoms with Gasteiger partial charge in [0.05, 0.1) is 0 Å². The Hall–Kier alpha value is -1.59. The highest BCUT2D eigenvalue weighted by atomic mass is 35.5. The van der Waals surface area contributed by atoms with Crippen LogP contribution in [0.1, 0.15) is 26.2 Å². The summed E-state index contributed by atoms with van der Waals surface area (Å²) in [5, 5.41) is 8.86. The number of rotatable bonds is 5. The van der Waals surface area contributed by atoms with E-state index in [0.29, 0.717) is 12.3 Å². The van der Waals surface area contributed by atoms with Crippen LogP contribution in [0.3, 0.4) is 0 Å². The van der Waals surface area contributed by atoms with Crippen LogP contribution in [0.25, 0.3) is 0 Å². The summed E-state index contributed by atoms with van der Waals surface area (Å²) >= 11 is 0. The molecular formula is C15H22ClN3O2. The number of hydrogen-bond acceptors (Lipinski definition) is 3. The molecule has 1 heterocycles. The molecule has 21 heavy (non-hydrogen) atoms. The summed E-state index contributed by atoms with van der Waals surface area (Å²) in [7, 11) is 0.